The number of hydrogen-bond donors (Lipinski definition) is 2. The summed E-state index contributed by atoms with van der Waals surface area (Å²) in [5, 5.41) is 8.61. The van der Waals surface area contributed by atoms with E-state index < -0.39 is 0 Å². The van der Waals surface area contributed by atoms with Crippen LogP contribution in [0.5, 0.6) is 0 Å². The number of carbonyl (C=O) groups excluding carboxylic acids is 2. The first kappa shape index (κ1) is 17.5. The molecule has 1 saturated heterocycles. The molecule has 0 spiro atoms. The van der Waals surface area contributed by atoms with Crippen LogP contribution >= 0.6 is 11.3 Å². The third-order valence-electron chi connectivity index (χ3n) is 4.46. The number of amides is 3. The van der Waals surface area contributed by atoms with Crippen molar-refractivity contribution in [1.82, 2.24) is 4.90 Å². The van der Waals surface area contributed by atoms with Crippen molar-refractivity contribution in [3.8, 4) is 0 Å². The number of rotatable bonds is 4. The summed E-state index contributed by atoms with van der Waals surface area (Å²) >= 11 is 1.49. The molecule has 5 nitrogen and oxygen atoms in total. The molecule has 0 saturated carbocycles. The summed E-state index contributed by atoms with van der Waals surface area (Å²) in [6.45, 7) is 3.24. The van der Waals surface area contributed by atoms with Crippen molar-refractivity contribution in [2.75, 3.05) is 23.7 Å². The zero-order chi connectivity index (χ0) is 17.6. The molecule has 1 unspecified atom stereocenters. The molecular weight excluding hydrogens is 334 g/mol. The Labute approximate surface area is 152 Å². The monoisotopic (exact) mass is 357 g/mol. The number of carbonyl (C=O) groups is 2. The van der Waals surface area contributed by atoms with Crippen LogP contribution in [0.1, 0.15) is 25.3 Å². The Hall–Kier alpha value is -2.34. The molecular formula is C19H23N3O2S. The van der Waals surface area contributed by atoms with Gasteiger partial charge in [-0.1, -0.05) is 19.1 Å². The number of piperidine rings is 1. The Kier molecular flexibility index (Phi) is 5.71. The van der Waals surface area contributed by atoms with Gasteiger partial charge in [-0.25, -0.2) is 4.79 Å². The van der Waals surface area contributed by atoms with Gasteiger partial charge in [-0.2, -0.15) is 0 Å². The van der Waals surface area contributed by atoms with E-state index in [-0.39, 0.29) is 17.9 Å². The first-order chi connectivity index (χ1) is 12.2. The van der Waals surface area contributed by atoms with Crippen molar-refractivity contribution >= 4 is 34.0 Å². The van der Waals surface area contributed by atoms with E-state index >= 15 is 0 Å². The highest BCUT2D eigenvalue weighted by atomic mass is 32.1. The second-order valence-electron chi connectivity index (χ2n) is 6.23. The number of hydrogen-bond acceptors (Lipinski definition) is 3. The average Bonchev–Trinajstić information content (AvgIpc) is 3.15. The van der Waals surface area contributed by atoms with Gasteiger partial charge in [0.05, 0.1) is 10.9 Å². The van der Waals surface area contributed by atoms with Crippen molar-refractivity contribution in [1.29, 1.82) is 0 Å². The van der Waals surface area contributed by atoms with Crippen molar-refractivity contribution in [2.45, 2.75) is 26.2 Å². The van der Waals surface area contributed by atoms with E-state index in [9.17, 15) is 9.59 Å². The number of aryl methyl sites for hydroxylation is 1. The van der Waals surface area contributed by atoms with Crippen molar-refractivity contribution < 1.29 is 9.59 Å². The van der Waals surface area contributed by atoms with Gasteiger partial charge < -0.3 is 10.2 Å². The molecule has 0 aliphatic carbocycles. The van der Waals surface area contributed by atoms with Crippen LogP contribution in [0.15, 0.2) is 41.8 Å². The Morgan fingerprint density at radius 1 is 1.20 bits per heavy atom. The van der Waals surface area contributed by atoms with E-state index in [1.165, 1.54) is 16.9 Å². The summed E-state index contributed by atoms with van der Waals surface area (Å²) in [7, 11) is 0. The minimum atomic E-state index is -0.173. The maximum Gasteiger partial charge on any atom is 0.322 e. The van der Waals surface area contributed by atoms with Gasteiger partial charge >= 0.3 is 6.03 Å². The molecule has 2 aromatic rings. The molecule has 1 aromatic heterocycles. The lowest BCUT2D eigenvalue weighted by atomic mass is 9.97. The van der Waals surface area contributed by atoms with Gasteiger partial charge in [-0.05, 0) is 54.5 Å². The van der Waals surface area contributed by atoms with E-state index in [4.69, 9.17) is 0 Å². The fourth-order valence-electron chi connectivity index (χ4n) is 2.98. The Balaban J connectivity index is 1.56. The normalized spacial score (nSPS) is 17.2. The van der Waals surface area contributed by atoms with Gasteiger partial charge in [0, 0.05) is 18.8 Å². The summed E-state index contributed by atoms with van der Waals surface area (Å²) in [5.74, 6) is -0.188. The van der Waals surface area contributed by atoms with Crippen LogP contribution < -0.4 is 10.6 Å². The third-order valence-corrected chi connectivity index (χ3v) is 5.25. The Bertz CT molecular complexity index is 713. The van der Waals surface area contributed by atoms with Gasteiger partial charge in [0.1, 0.15) is 0 Å². The third kappa shape index (κ3) is 4.60. The number of likely N-dealkylation sites (tertiary alicyclic amines) is 1. The number of thiophene rings is 1. The van der Waals surface area contributed by atoms with Gasteiger partial charge in [0.2, 0.25) is 5.91 Å². The predicted molar refractivity (Wildman–Crippen MR) is 102 cm³/mol. The lowest BCUT2D eigenvalue weighted by Crippen LogP contribution is -2.45. The number of nitrogens with zero attached hydrogens (tertiary/aromatic N) is 1. The summed E-state index contributed by atoms with van der Waals surface area (Å²) in [6, 6.07) is 11.6. The van der Waals surface area contributed by atoms with Crippen molar-refractivity contribution in [3.63, 3.8) is 0 Å². The number of nitrogens with one attached hydrogen (secondary N) is 2. The van der Waals surface area contributed by atoms with Crippen LogP contribution in [-0.4, -0.2) is 29.9 Å². The van der Waals surface area contributed by atoms with Crippen molar-refractivity contribution in [3.05, 3.63) is 47.3 Å². The van der Waals surface area contributed by atoms with Gasteiger partial charge in [0.25, 0.3) is 0 Å². The highest BCUT2D eigenvalue weighted by Gasteiger charge is 2.28. The average molecular weight is 357 g/mol. The maximum atomic E-state index is 12.5. The molecule has 3 amide bonds. The highest BCUT2D eigenvalue weighted by molar-refractivity contribution is 7.14. The van der Waals surface area contributed by atoms with E-state index in [1.807, 2.05) is 41.8 Å². The summed E-state index contributed by atoms with van der Waals surface area (Å²) < 4.78 is 0. The minimum absolute atomic E-state index is 0.0159. The minimum Gasteiger partial charge on any atom is -0.326 e. The zero-order valence-electron chi connectivity index (χ0n) is 14.3. The summed E-state index contributed by atoms with van der Waals surface area (Å²) in [4.78, 5) is 26.6. The quantitative estimate of drug-likeness (QED) is 0.862. The van der Waals surface area contributed by atoms with E-state index in [2.05, 4.69) is 17.6 Å². The summed E-state index contributed by atoms with van der Waals surface area (Å²) in [6.07, 6.45) is 2.62. The second kappa shape index (κ2) is 8.16. The smallest absolute Gasteiger partial charge is 0.322 e. The maximum absolute atomic E-state index is 12.5. The van der Waals surface area contributed by atoms with E-state index in [0.29, 0.717) is 13.1 Å². The molecule has 2 heterocycles. The molecule has 1 aliphatic rings. The molecule has 25 heavy (non-hydrogen) atoms. The van der Waals surface area contributed by atoms with Gasteiger partial charge in [-0.15, -0.1) is 11.3 Å². The Morgan fingerprint density at radius 3 is 2.68 bits per heavy atom. The molecule has 1 atom stereocenters. The van der Waals surface area contributed by atoms with Crippen LogP contribution in [-0.2, 0) is 11.2 Å². The van der Waals surface area contributed by atoms with Crippen LogP contribution in [0.3, 0.4) is 0 Å². The molecule has 2 N–H and O–H groups in total. The largest absolute Gasteiger partial charge is 0.326 e. The molecule has 0 bridgehead atoms. The van der Waals surface area contributed by atoms with Gasteiger partial charge in [-0.3, -0.25) is 10.1 Å². The number of benzene rings is 1. The molecule has 0 radical (unpaired) electrons. The molecule has 1 fully saturated rings. The van der Waals surface area contributed by atoms with E-state index in [0.717, 1.165) is 30.0 Å². The molecule has 1 aliphatic heterocycles. The van der Waals surface area contributed by atoms with Crippen LogP contribution in [0.25, 0.3) is 0 Å². The van der Waals surface area contributed by atoms with Crippen LogP contribution in [0.2, 0.25) is 0 Å². The van der Waals surface area contributed by atoms with Crippen molar-refractivity contribution in [2.24, 2.45) is 5.92 Å². The summed E-state index contributed by atoms with van der Waals surface area (Å²) in [5.41, 5.74) is 2.05. The molecule has 1 aromatic carbocycles. The number of urea groups is 1. The topological polar surface area (TPSA) is 61.4 Å². The van der Waals surface area contributed by atoms with E-state index in [1.54, 1.807) is 4.90 Å². The van der Waals surface area contributed by atoms with Crippen LogP contribution in [0.4, 0.5) is 15.5 Å². The van der Waals surface area contributed by atoms with Gasteiger partial charge in [0.15, 0.2) is 0 Å². The second-order valence-corrected chi connectivity index (χ2v) is 7.18. The molecule has 132 valence electrons. The SMILES string of the molecule is CCc1ccc(NC(=O)C2CCCN(C(=O)Nc3cccs3)C2)cc1. The predicted octanol–water partition coefficient (Wildman–Crippen LogP) is 4.19. The highest BCUT2D eigenvalue weighted by Crippen LogP contribution is 2.21. The fraction of sp³-hybridized carbons (Fsp3) is 0.368. The zero-order valence-corrected chi connectivity index (χ0v) is 15.1. The lowest BCUT2D eigenvalue weighted by Gasteiger charge is -2.31. The number of anilines is 2. The first-order valence-electron chi connectivity index (χ1n) is 8.65. The first-order valence-corrected chi connectivity index (χ1v) is 9.53. The standard InChI is InChI=1S/C19H23N3O2S/c1-2-14-7-9-16(10-8-14)20-18(23)15-5-3-11-22(13-15)19(24)21-17-6-4-12-25-17/h4,6-10,12,15H,2-3,5,11,13H2,1H3,(H,20,23)(H,21,24). The fourth-order valence-corrected chi connectivity index (χ4v) is 3.58. The Morgan fingerprint density at radius 2 is 2.00 bits per heavy atom. The molecule has 6 heteroatoms. The lowest BCUT2D eigenvalue weighted by molar-refractivity contribution is -0.121. The van der Waals surface area contributed by atoms with Crippen LogP contribution in [0, 0.1) is 5.92 Å². The molecule has 3 rings (SSSR count).